The fourth-order valence-electron chi connectivity index (χ4n) is 11.8. The minimum Gasteiger partial charge on any atom is -0.466 e. The highest BCUT2D eigenvalue weighted by Crippen LogP contribution is 2.19. The van der Waals surface area contributed by atoms with Crippen LogP contribution in [0.15, 0.2) is 24.3 Å². The lowest BCUT2D eigenvalue weighted by molar-refractivity contribution is -0.143. The van der Waals surface area contributed by atoms with E-state index in [0.29, 0.717) is 19.4 Å². The molecule has 0 aliphatic carbocycles. The van der Waals surface area contributed by atoms with Gasteiger partial charge in [-0.25, -0.2) is 0 Å². The molecule has 0 spiro atoms. The number of carbonyl (C=O) groups is 2. The minimum absolute atomic E-state index is 0.00807. The lowest BCUT2D eigenvalue weighted by Gasteiger charge is -2.20. The number of nitrogens with one attached hydrogen (secondary N) is 1. The van der Waals surface area contributed by atoms with Gasteiger partial charge in [0.25, 0.3) is 0 Å². The number of esters is 1. The number of rotatable bonds is 70. The third kappa shape index (κ3) is 67.3. The van der Waals surface area contributed by atoms with Gasteiger partial charge in [-0.2, -0.15) is 0 Å². The van der Waals surface area contributed by atoms with E-state index in [0.717, 1.165) is 44.9 Å². The molecule has 6 heteroatoms. The molecule has 0 aliphatic rings. The number of ether oxygens (including phenoxy) is 1. The molecule has 0 aromatic carbocycles. The van der Waals surface area contributed by atoms with E-state index in [4.69, 9.17) is 4.74 Å². The molecule has 0 saturated heterocycles. The van der Waals surface area contributed by atoms with Crippen LogP contribution in [0.4, 0.5) is 0 Å². The Morgan fingerprint density at radius 1 is 0.333 bits per heavy atom. The van der Waals surface area contributed by atoms with Crippen LogP contribution in [0.2, 0.25) is 0 Å². The number of aliphatic hydroxyl groups excluding tert-OH is 2. The van der Waals surface area contributed by atoms with Crippen LogP contribution < -0.4 is 5.32 Å². The van der Waals surface area contributed by atoms with E-state index in [2.05, 4.69) is 31.3 Å². The standard InChI is InChI=1S/C75H145NO5/c1-3-5-7-9-11-13-15-16-17-18-19-20-21-26-29-32-35-38-41-44-48-51-55-59-63-67-73(78)72(71-77)76-74(79)68-64-60-56-52-49-45-42-39-36-33-30-27-24-22-23-25-28-31-34-37-40-43-46-50-54-58-62-66-70-81-75(80)69-65-61-57-53-47-14-12-10-8-6-4-2/h10,12,63,67,72-73,77-78H,3-9,11,13-62,64-66,68-71H2,1-2H3,(H,76,79)/b12-10-,67-63+. The van der Waals surface area contributed by atoms with Crippen molar-refractivity contribution < 1.29 is 24.5 Å². The molecule has 0 aromatic rings. The molecule has 0 aromatic heterocycles. The van der Waals surface area contributed by atoms with Crippen LogP contribution in [-0.2, 0) is 14.3 Å². The monoisotopic (exact) mass is 1140 g/mol. The summed E-state index contributed by atoms with van der Waals surface area (Å²) in [4.78, 5) is 24.6. The predicted octanol–water partition coefficient (Wildman–Crippen LogP) is 24.1. The molecule has 480 valence electrons. The second kappa shape index (κ2) is 70.8. The van der Waals surface area contributed by atoms with Crippen LogP contribution in [-0.4, -0.2) is 47.4 Å². The van der Waals surface area contributed by atoms with Crippen LogP contribution in [0.1, 0.15) is 418 Å². The van der Waals surface area contributed by atoms with E-state index in [9.17, 15) is 19.8 Å². The number of aliphatic hydroxyl groups is 2. The van der Waals surface area contributed by atoms with Crippen molar-refractivity contribution in [3.05, 3.63) is 24.3 Å². The van der Waals surface area contributed by atoms with Crippen molar-refractivity contribution in [1.82, 2.24) is 5.32 Å². The zero-order chi connectivity index (χ0) is 58.5. The summed E-state index contributed by atoms with van der Waals surface area (Å²) in [5, 5.41) is 23.3. The summed E-state index contributed by atoms with van der Waals surface area (Å²) in [6.07, 6.45) is 89.9. The van der Waals surface area contributed by atoms with Crippen molar-refractivity contribution in [2.24, 2.45) is 0 Å². The average molecular weight is 1140 g/mol. The van der Waals surface area contributed by atoms with Gasteiger partial charge in [0.2, 0.25) is 5.91 Å². The van der Waals surface area contributed by atoms with Gasteiger partial charge >= 0.3 is 5.97 Å². The Hall–Kier alpha value is -1.66. The molecule has 2 unspecified atom stereocenters. The quantitative estimate of drug-likeness (QED) is 0.0320. The predicted molar refractivity (Wildman–Crippen MR) is 356 cm³/mol. The highest BCUT2D eigenvalue weighted by Gasteiger charge is 2.18. The van der Waals surface area contributed by atoms with Crippen molar-refractivity contribution in [2.45, 2.75) is 431 Å². The summed E-state index contributed by atoms with van der Waals surface area (Å²) in [6, 6.07) is -0.627. The van der Waals surface area contributed by atoms with Gasteiger partial charge in [-0.1, -0.05) is 378 Å². The lowest BCUT2D eigenvalue weighted by atomic mass is 10.0. The Labute approximate surface area is 507 Å². The molecule has 0 rings (SSSR count). The summed E-state index contributed by atoms with van der Waals surface area (Å²) in [6.45, 7) is 4.91. The number of unbranched alkanes of at least 4 members (excludes halogenated alkanes) is 57. The molecule has 6 nitrogen and oxygen atoms in total. The molecule has 81 heavy (non-hydrogen) atoms. The zero-order valence-corrected chi connectivity index (χ0v) is 55.0. The van der Waals surface area contributed by atoms with Crippen LogP contribution in [0.25, 0.3) is 0 Å². The van der Waals surface area contributed by atoms with E-state index < -0.39 is 12.1 Å². The maximum Gasteiger partial charge on any atom is 0.305 e. The van der Waals surface area contributed by atoms with Crippen LogP contribution in [0, 0.1) is 0 Å². The lowest BCUT2D eigenvalue weighted by Crippen LogP contribution is -2.45. The van der Waals surface area contributed by atoms with Crippen molar-refractivity contribution in [1.29, 1.82) is 0 Å². The summed E-state index contributed by atoms with van der Waals surface area (Å²) >= 11 is 0. The summed E-state index contributed by atoms with van der Waals surface area (Å²) in [5.41, 5.74) is 0. The van der Waals surface area contributed by atoms with E-state index in [1.807, 2.05) is 6.08 Å². The second-order valence-electron chi connectivity index (χ2n) is 25.6. The maximum absolute atomic E-state index is 12.5. The zero-order valence-electron chi connectivity index (χ0n) is 55.0. The molecule has 0 heterocycles. The van der Waals surface area contributed by atoms with Gasteiger partial charge in [-0.3, -0.25) is 9.59 Å². The van der Waals surface area contributed by atoms with Gasteiger partial charge in [0.05, 0.1) is 25.4 Å². The Balaban J connectivity index is 3.38. The smallest absolute Gasteiger partial charge is 0.305 e. The first kappa shape index (κ1) is 79.3. The molecular formula is C75H145NO5. The van der Waals surface area contributed by atoms with Crippen molar-refractivity contribution >= 4 is 11.9 Å². The molecule has 0 bridgehead atoms. The molecule has 0 radical (unpaired) electrons. The van der Waals surface area contributed by atoms with Crippen LogP contribution in [0.3, 0.4) is 0 Å². The van der Waals surface area contributed by atoms with Crippen molar-refractivity contribution in [2.75, 3.05) is 13.2 Å². The van der Waals surface area contributed by atoms with E-state index >= 15 is 0 Å². The summed E-state index contributed by atoms with van der Waals surface area (Å²) in [7, 11) is 0. The summed E-state index contributed by atoms with van der Waals surface area (Å²) in [5.74, 6) is -0.0518. The maximum atomic E-state index is 12.5. The van der Waals surface area contributed by atoms with Gasteiger partial charge in [-0.15, -0.1) is 0 Å². The first-order valence-electron chi connectivity index (χ1n) is 37.1. The van der Waals surface area contributed by atoms with Crippen molar-refractivity contribution in [3.8, 4) is 0 Å². The average Bonchev–Trinajstić information content (AvgIpc) is 3.47. The number of allylic oxidation sites excluding steroid dienone is 3. The Bertz CT molecular complexity index is 1270. The van der Waals surface area contributed by atoms with Crippen LogP contribution in [0.5, 0.6) is 0 Å². The number of hydrogen-bond donors (Lipinski definition) is 3. The number of amides is 1. The van der Waals surface area contributed by atoms with Gasteiger partial charge in [0, 0.05) is 12.8 Å². The normalized spacial score (nSPS) is 12.6. The molecule has 0 fully saturated rings. The fourth-order valence-corrected chi connectivity index (χ4v) is 11.8. The van der Waals surface area contributed by atoms with Crippen LogP contribution >= 0.6 is 0 Å². The molecule has 0 aliphatic heterocycles. The van der Waals surface area contributed by atoms with E-state index in [-0.39, 0.29) is 18.5 Å². The number of carbonyl (C=O) groups excluding carboxylic acids is 2. The van der Waals surface area contributed by atoms with Gasteiger partial charge in [0.15, 0.2) is 0 Å². The van der Waals surface area contributed by atoms with Gasteiger partial charge in [-0.05, 0) is 51.4 Å². The fraction of sp³-hybridized carbons (Fsp3) is 0.920. The SMILES string of the molecule is CCCC/C=C\CCCCCCCC(=O)OCCCCCCCCCCCCCCCCCCCCCCCCCCCCCCC(=O)NC(CO)C(O)/C=C/CCCCCCCCCCCCCCCCCCCCCCCCC. The molecular weight excluding hydrogens is 995 g/mol. The minimum atomic E-state index is -0.844. The Morgan fingerprint density at radius 2 is 0.593 bits per heavy atom. The third-order valence-electron chi connectivity index (χ3n) is 17.5. The topological polar surface area (TPSA) is 95.9 Å². The molecule has 1 amide bonds. The van der Waals surface area contributed by atoms with Crippen molar-refractivity contribution in [3.63, 3.8) is 0 Å². The summed E-state index contributed by atoms with van der Waals surface area (Å²) < 4.78 is 5.47. The van der Waals surface area contributed by atoms with E-state index in [1.165, 1.54) is 347 Å². The van der Waals surface area contributed by atoms with Gasteiger partial charge < -0.3 is 20.3 Å². The molecule has 2 atom stereocenters. The number of hydrogen-bond acceptors (Lipinski definition) is 5. The first-order valence-corrected chi connectivity index (χ1v) is 37.1. The second-order valence-corrected chi connectivity index (χ2v) is 25.6. The highest BCUT2D eigenvalue weighted by atomic mass is 16.5. The first-order chi connectivity index (χ1) is 40.0. The van der Waals surface area contributed by atoms with E-state index in [1.54, 1.807) is 6.08 Å². The van der Waals surface area contributed by atoms with Gasteiger partial charge in [0.1, 0.15) is 0 Å². The molecule has 3 N–H and O–H groups in total. The largest absolute Gasteiger partial charge is 0.466 e. The Morgan fingerprint density at radius 3 is 0.914 bits per heavy atom. The third-order valence-corrected chi connectivity index (χ3v) is 17.5. The highest BCUT2D eigenvalue weighted by molar-refractivity contribution is 5.76. The molecule has 0 saturated carbocycles. The Kier molecular flexibility index (Phi) is 69.4.